The van der Waals surface area contributed by atoms with E-state index in [0.717, 1.165) is 61.2 Å². The first kappa shape index (κ1) is 16.5. The van der Waals surface area contributed by atoms with E-state index in [4.69, 9.17) is 0 Å². The number of carbonyl (C=O) groups is 1. The fourth-order valence-corrected chi connectivity index (χ4v) is 3.62. The van der Waals surface area contributed by atoms with Gasteiger partial charge in [-0.1, -0.05) is 12.8 Å². The minimum atomic E-state index is -0.642. The van der Waals surface area contributed by atoms with E-state index >= 15 is 0 Å². The summed E-state index contributed by atoms with van der Waals surface area (Å²) in [7, 11) is 0. The van der Waals surface area contributed by atoms with Gasteiger partial charge in [0.1, 0.15) is 0 Å². The minimum absolute atomic E-state index is 0.187. The smallest absolute Gasteiger partial charge is 0.306 e. The summed E-state index contributed by atoms with van der Waals surface area (Å²) in [5.74, 6) is -0.584. The summed E-state index contributed by atoms with van der Waals surface area (Å²) in [6, 6.07) is 0. The largest absolute Gasteiger partial charge is 0.481 e. The van der Waals surface area contributed by atoms with E-state index < -0.39 is 5.97 Å². The number of aryl methyl sites for hydroxylation is 2. The zero-order chi connectivity index (χ0) is 15.4. The fraction of sp³-hybridized carbons (Fsp3) is 0.733. The predicted molar refractivity (Wildman–Crippen MR) is 85.1 cm³/mol. The number of carboxylic acids is 1. The molecule has 1 heterocycles. The fourth-order valence-electron chi connectivity index (χ4n) is 3.19. The Morgan fingerprint density at radius 1 is 1.48 bits per heavy atom. The Hall–Kier alpha value is -0.880. The molecule has 118 valence electrons. The van der Waals surface area contributed by atoms with Crippen LogP contribution in [0.25, 0.3) is 0 Å². The van der Waals surface area contributed by atoms with Gasteiger partial charge in [0, 0.05) is 13.1 Å². The van der Waals surface area contributed by atoms with Gasteiger partial charge in [0.15, 0.2) is 0 Å². The van der Waals surface area contributed by atoms with Crippen LogP contribution in [0.4, 0.5) is 0 Å². The van der Waals surface area contributed by atoms with Crippen molar-refractivity contribution in [3.8, 4) is 0 Å². The maximum absolute atomic E-state index is 11.3. The van der Waals surface area contributed by atoms with Crippen LogP contribution in [0.5, 0.6) is 0 Å². The summed E-state index contributed by atoms with van der Waals surface area (Å²) in [5, 5.41) is 17.2. The lowest BCUT2D eigenvalue weighted by Crippen LogP contribution is -2.34. The molecule has 2 rings (SSSR count). The zero-order valence-electron chi connectivity index (χ0n) is 12.7. The predicted octanol–water partition coefficient (Wildman–Crippen LogP) is 2.95. The lowest BCUT2D eigenvalue weighted by atomic mass is 9.79. The van der Waals surface area contributed by atoms with Crippen molar-refractivity contribution in [2.75, 3.05) is 6.54 Å². The van der Waals surface area contributed by atoms with Crippen LogP contribution in [0.3, 0.4) is 0 Å². The number of rotatable bonds is 6. The van der Waals surface area contributed by atoms with Crippen molar-refractivity contribution in [2.45, 2.75) is 52.6 Å². The van der Waals surface area contributed by atoms with Crippen molar-refractivity contribution in [3.05, 3.63) is 15.9 Å². The molecule has 1 fully saturated rings. The van der Waals surface area contributed by atoms with Gasteiger partial charge >= 0.3 is 5.97 Å². The molecule has 1 aromatic rings. The second-order valence-corrected chi connectivity index (χ2v) is 6.58. The van der Waals surface area contributed by atoms with E-state index in [1.54, 1.807) is 0 Å². The van der Waals surface area contributed by atoms with Crippen LogP contribution in [-0.2, 0) is 17.9 Å². The second-order valence-electron chi connectivity index (χ2n) is 5.78. The molecule has 2 atom stereocenters. The summed E-state index contributed by atoms with van der Waals surface area (Å²) < 4.78 is 3.04. The summed E-state index contributed by atoms with van der Waals surface area (Å²) >= 11 is 3.59. The van der Waals surface area contributed by atoms with Crippen molar-refractivity contribution < 1.29 is 9.90 Å². The number of aromatic nitrogens is 2. The third-order valence-corrected chi connectivity index (χ3v) is 5.41. The maximum Gasteiger partial charge on any atom is 0.306 e. The molecule has 1 aliphatic rings. The first-order valence-corrected chi connectivity index (χ1v) is 8.49. The quantitative estimate of drug-likeness (QED) is 0.821. The average molecular weight is 358 g/mol. The molecule has 0 radical (unpaired) electrons. The van der Waals surface area contributed by atoms with Gasteiger partial charge in [-0.05, 0) is 55.1 Å². The maximum atomic E-state index is 11.3. The van der Waals surface area contributed by atoms with Crippen LogP contribution in [0.2, 0.25) is 0 Å². The zero-order valence-corrected chi connectivity index (χ0v) is 14.3. The summed E-state index contributed by atoms with van der Waals surface area (Å²) in [6.07, 6.45) is 4.02. The average Bonchev–Trinajstić information content (AvgIpc) is 2.75. The van der Waals surface area contributed by atoms with Gasteiger partial charge in [-0.3, -0.25) is 9.48 Å². The van der Waals surface area contributed by atoms with Gasteiger partial charge in [0.05, 0.1) is 21.8 Å². The summed E-state index contributed by atoms with van der Waals surface area (Å²) in [6.45, 7) is 6.38. The molecule has 0 amide bonds. The highest BCUT2D eigenvalue weighted by atomic mass is 79.9. The molecule has 2 N–H and O–H groups in total. The van der Waals surface area contributed by atoms with Gasteiger partial charge in [-0.25, -0.2) is 0 Å². The van der Waals surface area contributed by atoms with Gasteiger partial charge in [-0.2, -0.15) is 5.10 Å². The van der Waals surface area contributed by atoms with Crippen molar-refractivity contribution in [3.63, 3.8) is 0 Å². The van der Waals surface area contributed by atoms with Crippen LogP contribution >= 0.6 is 15.9 Å². The molecular formula is C15H24BrN3O2. The molecular weight excluding hydrogens is 334 g/mol. The van der Waals surface area contributed by atoms with Crippen LogP contribution in [-0.4, -0.2) is 27.4 Å². The number of aliphatic carboxylic acids is 1. The Balaban J connectivity index is 1.93. The molecule has 0 aromatic carbocycles. The van der Waals surface area contributed by atoms with Gasteiger partial charge in [-0.15, -0.1) is 0 Å². The molecule has 5 nitrogen and oxygen atoms in total. The van der Waals surface area contributed by atoms with Crippen LogP contribution < -0.4 is 5.32 Å². The van der Waals surface area contributed by atoms with E-state index in [0.29, 0.717) is 0 Å². The molecule has 6 heteroatoms. The third-order valence-electron chi connectivity index (χ3n) is 4.38. The van der Waals surface area contributed by atoms with Gasteiger partial charge in [0.2, 0.25) is 0 Å². The summed E-state index contributed by atoms with van der Waals surface area (Å²) in [4.78, 5) is 11.3. The Bertz CT molecular complexity index is 501. The highest BCUT2D eigenvalue weighted by molar-refractivity contribution is 9.10. The van der Waals surface area contributed by atoms with Crippen molar-refractivity contribution in [2.24, 2.45) is 11.8 Å². The Kier molecular flexibility index (Phi) is 5.81. The lowest BCUT2D eigenvalue weighted by molar-refractivity contribution is -0.144. The minimum Gasteiger partial charge on any atom is -0.481 e. The number of nitrogens with one attached hydrogen (secondary N) is 1. The first-order valence-electron chi connectivity index (χ1n) is 7.69. The standard InChI is InChI=1S/C15H24BrN3O2/c1-3-19-13(14(16)10(2)18-19)9-17-8-11-6-4-5-7-12(11)15(20)21/h11-12,17H,3-9H2,1-2H3,(H,20,21). The van der Waals surface area contributed by atoms with Crippen molar-refractivity contribution in [1.82, 2.24) is 15.1 Å². The van der Waals surface area contributed by atoms with E-state index in [2.05, 4.69) is 33.3 Å². The monoisotopic (exact) mass is 357 g/mol. The number of halogens is 1. The topological polar surface area (TPSA) is 67.2 Å². The first-order chi connectivity index (χ1) is 10.0. The highest BCUT2D eigenvalue weighted by Gasteiger charge is 2.30. The Labute approximate surface area is 134 Å². The number of carboxylic acid groups (broad SMARTS) is 1. The molecule has 1 aliphatic carbocycles. The number of nitrogens with zero attached hydrogens (tertiary/aromatic N) is 2. The molecule has 0 saturated heterocycles. The molecule has 0 aliphatic heterocycles. The van der Waals surface area contributed by atoms with E-state index in [-0.39, 0.29) is 11.8 Å². The number of hydrogen-bond acceptors (Lipinski definition) is 3. The normalized spacial score (nSPS) is 22.4. The number of hydrogen-bond donors (Lipinski definition) is 2. The van der Waals surface area contributed by atoms with Gasteiger partial charge in [0.25, 0.3) is 0 Å². The molecule has 0 spiro atoms. The van der Waals surface area contributed by atoms with Gasteiger partial charge < -0.3 is 10.4 Å². The lowest BCUT2D eigenvalue weighted by Gasteiger charge is -2.28. The third kappa shape index (κ3) is 3.86. The van der Waals surface area contributed by atoms with Crippen molar-refractivity contribution >= 4 is 21.9 Å². The van der Waals surface area contributed by atoms with Crippen molar-refractivity contribution in [1.29, 1.82) is 0 Å². The summed E-state index contributed by atoms with van der Waals surface area (Å²) in [5.41, 5.74) is 2.13. The Morgan fingerprint density at radius 2 is 2.19 bits per heavy atom. The Morgan fingerprint density at radius 3 is 2.86 bits per heavy atom. The molecule has 0 bridgehead atoms. The van der Waals surface area contributed by atoms with E-state index in [1.807, 2.05) is 11.6 Å². The molecule has 1 aromatic heterocycles. The molecule has 2 unspecified atom stereocenters. The highest BCUT2D eigenvalue weighted by Crippen LogP contribution is 2.30. The SMILES string of the molecule is CCn1nc(C)c(Br)c1CNCC1CCCCC1C(=O)O. The van der Waals surface area contributed by atoms with Crippen LogP contribution in [0.15, 0.2) is 4.47 Å². The van der Waals surface area contributed by atoms with E-state index in [1.165, 1.54) is 0 Å². The van der Waals surface area contributed by atoms with Crippen LogP contribution in [0.1, 0.15) is 44.0 Å². The molecule has 21 heavy (non-hydrogen) atoms. The molecule has 1 saturated carbocycles. The van der Waals surface area contributed by atoms with E-state index in [9.17, 15) is 9.90 Å². The second kappa shape index (κ2) is 7.40. The van der Waals surface area contributed by atoms with Crippen LogP contribution in [0, 0.1) is 18.8 Å².